The van der Waals surface area contributed by atoms with Gasteiger partial charge in [-0.1, -0.05) is 72.6 Å². The van der Waals surface area contributed by atoms with Gasteiger partial charge >= 0.3 is 8.25 Å². The monoisotopic (exact) mass is 364 g/mol. The van der Waals surface area contributed by atoms with Gasteiger partial charge in [-0.2, -0.15) is 0 Å². The fourth-order valence-corrected chi connectivity index (χ4v) is 3.57. The van der Waals surface area contributed by atoms with Gasteiger partial charge in [0.1, 0.15) is 0 Å². The van der Waals surface area contributed by atoms with Crippen molar-refractivity contribution in [2.45, 2.75) is 105 Å². The van der Waals surface area contributed by atoms with Crippen LogP contribution in [0, 0.1) is 11.8 Å². The van der Waals surface area contributed by atoms with Gasteiger partial charge in [-0.3, -0.25) is 9.09 Å². The number of unbranched alkanes of at least 4 members (excludes halogenated alkanes) is 2. The van der Waals surface area contributed by atoms with Crippen LogP contribution in [-0.2, 0) is 13.8 Å². The molecule has 1 N–H and O–H groups in total. The third-order valence-electron chi connectivity index (χ3n) is 5.02. The van der Waals surface area contributed by atoms with E-state index in [2.05, 4.69) is 27.7 Å². The second kappa shape index (κ2) is 14.3. The molecule has 0 rings (SSSR count). The Balaban J connectivity index is 4.60. The Bertz CT molecular complexity index is 302. The number of hydrogen-bond acceptors (Lipinski definition) is 3. The predicted octanol–water partition coefficient (Wildman–Crippen LogP) is 6.33. The predicted molar refractivity (Wildman–Crippen MR) is 103 cm³/mol. The average molecular weight is 365 g/mol. The molecule has 0 heterocycles. The maximum atomic E-state index is 11.3. The van der Waals surface area contributed by atoms with E-state index in [1.54, 1.807) is 0 Å². The molecule has 0 aromatic heterocycles. The van der Waals surface area contributed by atoms with Crippen LogP contribution in [0.15, 0.2) is 0 Å². The Morgan fingerprint density at radius 3 is 1.96 bits per heavy atom. The molecule has 0 aromatic carbocycles. The van der Waals surface area contributed by atoms with E-state index in [0.717, 1.165) is 25.7 Å². The fraction of sp³-hybridized carbons (Fsp3) is 1.00. The summed E-state index contributed by atoms with van der Waals surface area (Å²) in [5, 5.41) is 0. The van der Waals surface area contributed by atoms with Gasteiger partial charge in [-0.05, 0) is 31.6 Å². The molecule has 0 spiro atoms. The highest BCUT2D eigenvalue weighted by molar-refractivity contribution is 7.32. The zero-order chi connectivity index (χ0) is 18.4. The lowest BCUT2D eigenvalue weighted by atomic mass is 9.92. The molecule has 0 bridgehead atoms. The van der Waals surface area contributed by atoms with Gasteiger partial charge in [0.25, 0.3) is 0 Å². The number of ether oxygens (including phenoxy) is 1. The summed E-state index contributed by atoms with van der Waals surface area (Å²) < 4.78 is 22.6. The van der Waals surface area contributed by atoms with Crippen molar-refractivity contribution in [3.63, 3.8) is 0 Å². The normalized spacial score (nSPS) is 18.1. The molecule has 0 aliphatic rings. The molecule has 4 unspecified atom stereocenters. The summed E-state index contributed by atoms with van der Waals surface area (Å²) in [6.45, 7) is 11.2. The summed E-state index contributed by atoms with van der Waals surface area (Å²) in [5.74, 6) is 0.194. The topological polar surface area (TPSA) is 55.8 Å². The van der Waals surface area contributed by atoms with Gasteiger partial charge in [-0.25, -0.2) is 0 Å². The third kappa shape index (κ3) is 11.6. The lowest BCUT2D eigenvalue weighted by molar-refractivity contribution is -0.185. The molecular weight excluding hydrogens is 323 g/mol. The van der Waals surface area contributed by atoms with Crippen LogP contribution in [0.1, 0.15) is 98.8 Å². The summed E-state index contributed by atoms with van der Waals surface area (Å²) >= 11 is 0. The second-order valence-electron chi connectivity index (χ2n) is 7.18. The largest absolute Gasteiger partial charge is 0.349 e. The molecule has 0 aromatic rings. The highest BCUT2D eigenvalue weighted by atomic mass is 31.1. The maximum Gasteiger partial charge on any atom is 0.319 e. The average Bonchev–Trinajstić information content (AvgIpc) is 2.54. The van der Waals surface area contributed by atoms with Gasteiger partial charge < -0.3 is 9.63 Å². The van der Waals surface area contributed by atoms with E-state index in [1.807, 2.05) is 6.92 Å². The Hall–Kier alpha value is 0.110. The zero-order valence-electron chi connectivity index (χ0n) is 16.6. The van der Waals surface area contributed by atoms with Crippen LogP contribution in [0.5, 0.6) is 0 Å². The van der Waals surface area contributed by atoms with Gasteiger partial charge in [0.15, 0.2) is 5.79 Å². The van der Waals surface area contributed by atoms with Crippen LogP contribution in [-0.4, -0.2) is 17.3 Å². The molecule has 146 valence electrons. The van der Waals surface area contributed by atoms with E-state index in [-0.39, 0.29) is 0 Å². The van der Waals surface area contributed by atoms with Crippen molar-refractivity contribution in [3.8, 4) is 0 Å². The quantitative estimate of drug-likeness (QED) is 0.257. The molecule has 0 saturated heterocycles. The molecule has 0 radical (unpaired) electrons. The van der Waals surface area contributed by atoms with Crippen molar-refractivity contribution < 1.29 is 18.7 Å². The van der Waals surface area contributed by atoms with Gasteiger partial charge in [0, 0.05) is 6.42 Å². The van der Waals surface area contributed by atoms with Crippen molar-refractivity contribution in [1.82, 2.24) is 0 Å². The summed E-state index contributed by atoms with van der Waals surface area (Å²) in [6.07, 6.45) is 11.1. The SMILES string of the molecule is CCCCC(CC)CCC(C)(OCC(CC)CCCC)O[PH](=O)O. The van der Waals surface area contributed by atoms with Crippen molar-refractivity contribution in [2.75, 3.05) is 6.61 Å². The Morgan fingerprint density at radius 2 is 1.50 bits per heavy atom. The smallest absolute Gasteiger partial charge is 0.319 e. The highest BCUT2D eigenvalue weighted by Gasteiger charge is 2.30. The van der Waals surface area contributed by atoms with Crippen LogP contribution in [0.25, 0.3) is 0 Å². The van der Waals surface area contributed by atoms with Crippen molar-refractivity contribution in [1.29, 1.82) is 0 Å². The van der Waals surface area contributed by atoms with E-state index >= 15 is 0 Å². The van der Waals surface area contributed by atoms with Crippen molar-refractivity contribution >= 4 is 8.25 Å². The van der Waals surface area contributed by atoms with Gasteiger partial charge in [0.2, 0.25) is 0 Å². The molecule has 4 atom stereocenters. The number of rotatable bonds is 16. The highest BCUT2D eigenvalue weighted by Crippen LogP contribution is 2.34. The van der Waals surface area contributed by atoms with E-state index < -0.39 is 14.0 Å². The van der Waals surface area contributed by atoms with E-state index in [9.17, 15) is 9.46 Å². The first-order chi connectivity index (χ1) is 11.4. The third-order valence-corrected chi connectivity index (χ3v) is 5.63. The van der Waals surface area contributed by atoms with Gasteiger partial charge in [-0.15, -0.1) is 0 Å². The van der Waals surface area contributed by atoms with Crippen LogP contribution < -0.4 is 0 Å². The molecule has 0 aliphatic carbocycles. The summed E-state index contributed by atoms with van der Waals surface area (Å²) in [7, 11) is -3.01. The Kier molecular flexibility index (Phi) is 14.4. The first kappa shape index (κ1) is 24.1. The van der Waals surface area contributed by atoms with Crippen LogP contribution in [0.2, 0.25) is 0 Å². The maximum absolute atomic E-state index is 11.3. The molecule has 0 fully saturated rings. The molecule has 4 nitrogen and oxygen atoms in total. The van der Waals surface area contributed by atoms with E-state index in [4.69, 9.17) is 9.26 Å². The van der Waals surface area contributed by atoms with Crippen LogP contribution in [0.4, 0.5) is 0 Å². The first-order valence-corrected chi connectivity index (χ1v) is 11.2. The first-order valence-electron chi connectivity index (χ1n) is 9.96. The van der Waals surface area contributed by atoms with Crippen molar-refractivity contribution in [3.05, 3.63) is 0 Å². The molecule has 0 amide bonds. The minimum Gasteiger partial charge on any atom is -0.349 e. The standard InChI is InChI=1S/C19H41O4P/c1-6-10-12-17(8-3)14-15-19(5,23-24(20)21)22-16-18(9-4)13-11-7-2/h17-18,24H,6-16H2,1-5H3,(H,20,21). The molecule has 5 heteroatoms. The Morgan fingerprint density at radius 1 is 0.958 bits per heavy atom. The molecule has 0 saturated carbocycles. The van der Waals surface area contributed by atoms with E-state index in [1.165, 1.54) is 32.1 Å². The summed E-state index contributed by atoms with van der Waals surface area (Å²) in [4.78, 5) is 9.26. The molecular formula is C19H41O4P. The summed E-state index contributed by atoms with van der Waals surface area (Å²) in [6, 6.07) is 0. The fourth-order valence-electron chi connectivity index (χ4n) is 3.04. The van der Waals surface area contributed by atoms with Gasteiger partial charge in [0.05, 0.1) is 6.61 Å². The molecule has 0 aliphatic heterocycles. The lowest BCUT2D eigenvalue weighted by Gasteiger charge is -2.31. The minimum absolute atomic E-state index is 0.496. The molecule has 24 heavy (non-hydrogen) atoms. The van der Waals surface area contributed by atoms with E-state index in [0.29, 0.717) is 24.9 Å². The van der Waals surface area contributed by atoms with Crippen molar-refractivity contribution in [2.24, 2.45) is 11.8 Å². The summed E-state index contributed by atoms with van der Waals surface area (Å²) in [5.41, 5.74) is 0. The zero-order valence-corrected chi connectivity index (χ0v) is 17.6. The number of hydrogen-bond donors (Lipinski definition) is 1. The minimum atomic E-state index is -3.01. The Labute approximate surface area is 150 Å². The second-order valence-corrected chi connectivity index (χ2v) is 7.92. The lowest BCUT2D eigenvalue weighted by Crippen LogP contribution is -2.33. The van der Waals surface area contributed by atoms with Crippen LogP contribution in [0.3, 0.4) is 0 Å². The van der Waals surface area contributed by atoms with Crippen LogP contribution >= 0.6 is 8.25 Å².